The summed E-state index contributed by atoms with van der Waals surface area (Å²) in [4.78, 5) is 10.9. The first-order chi connectivity index (χ1) is 7.72. The number of carbonyl (C=O) groups is 1. The number of aryl methyl sites for hydroxylation is 1. The first-order valence-corrected chi connectivity index (χ1v) is 5.56. The van der Waals surface area contributed by atoms with Crippen molar-refractivity contribution < 1.29 is 9.53 Å². The molecule has 0 saturated heterocycles. The number of allylic oxidation sites excluding steroid dienone is 1. The molecule has 1 atom stereocenters. The third kappa shape index (κ3) is 4.78. The number of benzene rings is 1. The summed E-state index contributed by atoms with van der Waals surface area (Å²) >= 11 is 0. The van der Waals surface area contributed by atoms with Gasteiger partial charge >= 0.3 is 5.97 Å². The molecule has 2 heteroatoms. The number of carbonyl (C=O) groups excluding carboxylic acids is 1. The normalized spacial score (nSPS) is 12.6. The van der Waals surface area contributed by atoms with E-state index in [0.717, 1.165) is 12.8 Å². The average Bonchev–Trinajstić information content (AvgIpc) is 2.27. The zero-order valence-electron chi connectivity index (χ0n) is 9.85. The lowest BCUT2D eigenvalue weighted by atomic mass is 10.1. The summed E-state index contributed by atoms with van der Waals surface area (Å²) in [5.41, 5.74) is 1.27. The number of esters is 1. The molecule has 0 radical (unpaired) electrons. The van der Waals surface area contributed by atoms with Gasteiger partial charge in [-0.3, -0.25) is 4.79 Å². The van der Waals surface area contributed by atoms with Gasteiger partial charge in [0, 0.05) is 6.92 Å². The van der Waals surface area contributed by atoms with Crippen LogP contribution in [0.15, 0.2) is 42.5 Å². The predicted octanol–water partition coefficient (Wildman–Crippen LogP) is 3.13. The molecular formula is C14H18O2. The van der Waals surface area contributed by atoms with Crippen LogP contribution in [0.3, 0.4) is 0 Å². The van der Waals surface area contributed by atoms with E-state index in [4.69, 9.17) is 4.74 Å². The zero-order valence-corrected chi connectivity index (χ0v) is 9.85. The molecule has 0 aliphatic heterocycles. The van der Waals surface area contributed by atoms with Crippen LogP contribution in [0.25, 0.3) is 0 Å². The molecule has 0 amide bonds. The Morgan fingerprint density at radius 2 is 2.06 bits per heavy atom. The molecule has 16 heavy (non-hydrogen) atoms. The smallest absolute Gasteiger partial charge is 0.303 e. The average molecular weight is 218 g/mol. The minimum Gasteiger partial charge on any atom is -0.458 e. The van der Waals surface area contributed by atoms with Gasteiger partial charge in [-0.15, -0.1) is 0 Å². The maximum atomic E-state index is 10.9. The second kappa shape index (κ2) is 6.83. The van der Waals surface area contributed by atoms with Crippen LogP contribution in [0.1, 0.15) is 25.8 Å². The molecular weight excluding hydrogens is 200 g/mol. The molecule has 0 heterocycles. The van der Waals surface area contributed by atoms with Gasteiger partial charge in [0.25, 0.3) is 0 Å². The second-order valence-corrected chi connectivity index (χ2v) is 3.70. The number of hydrogen-bond donors (Lipinski definition) is 0. The lowest BCUT2D eigenvalue weighted by molar-refractivity contribution is -0.144. The molecule has 0 aliphatic rings. The van der Waals surface area contributed by atoms with E-state index >= 15 is 0 Å². The highest BCUT2D eigenvalue weighted by Crippen LogP contribution is 2.08. The van der Waals surface area contributed by atoms with E-state index in [1.54, 1.807) is 0 Å². The van der Waals surface area contributed by atoms with Crippen LogP contribution in [0.5, 0.6) is 0 Å². The van der Waals surface area contributed by atoms with Crippen LogP contribution in [0.4, 0.5) is 0 Å². The third-order valence-electron chi connectivity index (χ3n) is 2.28. The quantitative estimate of drug-likeness (QED) is 0.560. The van der Waals surface area contributed by atoms with Crippen LogP contribution in [0, 0.1) is 0 Å². The van der Waals surface area contributed by atoms with Crippen molar-refractivity contribution in [3.63, 3.8) is 0 Å². The summed E-state index contributed by atoms with van der Waals surface area (Å²) in [5.74, 6) is -0.226. The van der Waals surface area contributed by atoms with Crippen LogP contribution in [-0.2, 0) is 16.0 Å². The fourth-order valence-electron chi connectivity index (χ4n) is 1.58. The van der Waals surface area contributed by atoms with Gasteiger partial charge < -0.3 is 4.74 Å². The maximum absolute atomic E-state index is 10.9. The van der Waals surface area contributed by atoms with Gasteiger partial charge in [-0.1, -0.05) is 36.4 Å². The Hall–Kier alpha value is -1.57. The first kappa shape index (κ1) is 12.5. The molecule has 86 valence electrons. The minimum atomic E-state index is -0.226. The van der Waals surface area contributed by atoms with Gasteiger partial charge in [0.2, 0.25) is 0 Å². The van der Waals surface area contributed by atoms with Gasteiger partial charge in [-0.05, 0) is 31.4 Å². The SMILES string of the molecule is C/C=C/C(CCc1ccccc1)OC(C)=O. The van der Waals surface area contributed by atoms with Gasteiger partial charge in [0.05, 0.1) is 0 Å². The van der Waals surface area contributed by atoms with E-state index in [1.807, 2.05) is 37.3 Å². The molecule has 0 aromatic heterocycles. The van der Waals surface area contributed by atoms with Gasteiger partial charge in [-0.2, -0.15) is 0 Å². The zero-order chi connectivity index (χ0) is 11.8. The Morgan fingerprint density at radius 3 is 2.62 bits per heavy atom. The van der Waals surface area contributed by atoms with E-state index in [9.17, 15) is 4.79 Å². The fourth-order valence-corrected chi connectivity index (χ4v) is 1.58. The first-order valence-electron chi connectivity index (χ1n) is 5.56. The summed E-state index contributed by atoms with van der Waals surface area (Å²) in [6, 6.07) is 10.2. The van der Waals surface area contributed by atoms with Crippen molar-refractivity contribution in [1.82, 2.24) is 0 Å². The Kier molecular flexibility index (Phi) is 5.34. The molecule has 0 saturated carbocycles. The van der Waals surface area contributed by atoms with Gasteiger partial charge in [0.15, 0.2) is 0 Å². The molecule has 2 nitrogen and oxygen atoms in total. The molecule has 0 fully saturated rings. The largest absolute Gasteiger partial charge is 0.458 e. The maximum Gasteiger partial charge on any atom is 0.303 e. The molecule has 0 spiro atoms. The molecule has 1 aromatic rings. The minimum absolute atomic E-state index is 0.109. The highest BCUT2D eigenvalue weighted by Gasteiger charge is 2.07. The number of ether oxygens (including phenoxy) is 1. The second-order valence-electron chi connectivity index (χ2n) is 3.70. The van der Waals surface area contributed by atoms with Crippen LogP contribution in [0.2, 0.25) is 0 Å². The number of rotatable bonds is 5. The standard InChI is InChI=1S/C14H18O2/c1-3-7-14(16-12(2)15)11-10-13-8-5-4-6-9-13/h3-9,14H,10-11H2,1-2H3/b7-3+. The molecule has 1 aromatic carbocycles. The van der Waals surface area contributed by atoms with E-state index in [-0.39, 0.29) is 12.1 Å². The predicted molar refractivity (Wildman–Crippen MR) is 65.1 cm³/mol. The molecule has 0 N–H and O–H groups in total. The molecule has 0 bridgehead atoms. The molecule has 1 rings (SSSR count). The molecule has 1 unspecified atom stereocenters. The Labute approximate surface area is 96.9 Å². The monoisotopic (exact) mass is 218 g/mol. The van der Waals surface area contributed by atoms with Crippen LogP contribution in [-0.4, -0.2) is 12.1 Å². The van der Waals surface area contributed by atoms with E-state index < -0.39 is 0 Å². The van der Waals surface area contributed by atoms with Crippen molar-refractivity contribution >= 4 is 5.97 Å². The van der Waals surface area contributed by atoms with E-state index in [2.05, 4.69) is 12.1 Å². The van der Waals surface area contributed by atoms with Crippen molar-refractivity contribution in [2.24, 2.45) is 0 Å². The number of hydrogen-bond acceptors (Lipinski definition) is 2. The summed E-state index contributed by atoms with van der Waals surface area (Å²) < 4.78 is 5.19. The summed E-state index contributed by atoms with van der Waals surface area (Å²) in [7, 11) is 0. The van der Waals surface area contributed by atoms with Crippen molar-refractivity contribution in [3.05, 3.63) is 48.0 Å². The van der Waals surface area contributed by atoms with Crippen LogP contribution < -0.4 is 0 Å². The Balaban J connectivity index is 2.47. The van der Waals surface area contributed by atoms with Crippen molar-refractivity contribution in [2.75, 3.05) is 0 Å². The highest BCUT2D eigenvalue weighted by molar-refractivity contribution is 5.66. The van der Waals surface area contributed by atoms with E-state index in [1.165, 1.54) is 12.5 Å². The van der Waals surface area contributed by atoms with Gasteiger partial charge in [0.1, 0.15) is 6.10 Å². The van der Waals surface area contributed by atoms with Gasteiger partial charge in [-0.25, -0.2) is 0 Å². The Morgan fingerprint density at radius 1 is 1.38 bits per heavy atom. The lowest BCUT2D eigenvalue weighted by Crippen LogP contribution is -2.14. The lowest BCUT2D eigenvalue weighted by Gasteiger charge is -2.12. The van der Waals surface area contributed by atoms with E-state index in [0.29, 0.717) is 0 Å². The van der Waals surface area contributed by atoms with Crippen molar-refractivity contribution in [2.45, 2.75) is 32.8 Å². The Bertz CT molecular complexity index is 341. The van der Waals surface area contributed by atoms with Crippen molar-refractivity contribution in [3.8, 4) is 0 Å². The summed E-state index contributed by atoms with van der Waals surface area (Å²) in [5, 5.41) is 0. The molecule has 0 aliphatic carbocycles. The summed E-state index contributed by atoms with van der Waals surface area (Å²) in [6.45, 7) is 3.37. The van der Waals surface area contributed by atoms with Crippen LogP contribution >= 0.6 is 0 Å². The summed E-state index contributed by atoms with van der Waals surface area (Å²) in [6.07, 6.45) is 5.47. The fraction of sp³-hybridized carbons (Fsp3) is 0.357. The topological polar surface area (TPSA) is 26.3 Å². The van der Waals surface area contributed by atoms with Crippen molar-refractivity contribution in [1.29, 1.82) is 0 Å². The highest BCUT2D eigenvalue weighted by atomic mass is 16.5. The third-order valence-corrected chi connectivity index (χ3v) is 2.28.